The van der Waals surface area contributed by atoms with E-state index in [1.165, 1.54) is 7.05 Å². The highest BCUT2D eigenvalue weighted by atomic mass is 32.1. The molecule has 2 aromatic rings. The van der Waals surface area contributed by atoms with E-state index in [1.807, 2.05) is 60.7 Å². The van der Waals surface area contributed by atoms with Crippen LogP contribution >= 0.6 is 12.2 Å². The fourth-order valence-electron chi connectivity index (χ4n) is 1.92. The zero-order valence-electron chi connectivity index (χ0n) is 13.7. The van der Waals surface area contributed by atoms with Crippen molar-refractivity contribution in [2.75, 3.05) is 7.05 Å². The van der Waals surface area contributed by atoms with Gasteiger partial charge in [0, 0.05) is 7.05 Å². The molecule has 130 valence electrons. The number of carbonyl (C=O) groups is 2. The standard InChI is InChI=1S/C18H18N2O4S/c1-19-16(25)20(17(21)23-12-14-8-4-2-5-9-14)18(22)24-13-15-10-6-3-7-11-15/h2-11H,12-13H2,1H3,(H,19,25). The van der Waals surface area contributed by atoms with Gasteiger partial charge in [-0.25, -0.2) is 9.59 Å². The van der Waals surface area contributed by atoms with Gasteiger partial charge in [0.2, 0.25) is 0 Å². The molecule has 0 aliphatic carbocycles. The molecule has 1 N–H and O–H groups in total. The first-order valence-corrected chi connectivity index (χ1v) is 7.96. The molecule has 0 saturated carbocycles. The van der Waals surface area contributed by atoms with Crippen LogP contribution in [0.1, 0.15) is 11.1 Å². The van der Waals surface area contributed by atoms with E-state index in [1.54, 1.807) is 0 Å². The number of amides is 2. The van der Waals surface area contributed by atoms with Crippen LogP contribution in [0.2, 0.25) is 0 Å². The molecule has 25 heavy (non-hydrogen) atoms. The molecule has 0 spiro atoms. The van der Waals surface area contributed by atoms with E-state index >= 15 is 0 Å². The third-order valence-electron chi connectivity index (χ3n) is 3.19. The Morgan fingerprint density at radius 3 is 1.64 bits per heavy atom. The summed E-state index contributed by atoms with van der Waals surface area (Å²) in [6.45, 7) is 0.0446. The number of carbonyl (C=O) groups excluding carboxylic acids is 2. The zero-order valence-corrected chi connectivity index (χ0v) is 14.5. The van der Waals surface area contributed by atoms with Crippen LogP contribution in [-0.2, 0) is 22.7 Å². The summed E-state index contributed by atoms with van der Waals surface area (Å²) in [6.07, 6.45) is -1.80. The average molecular weight is 358 g/mol. The van der Waals surface area contributed by atoms with E-state index in [0.29, 0.717) is 4.90 Å². The molecule has 0 aliphatic heterocycles. The number of thiocarbonyl (C=S) groups is 1. The molecule has 2 rings (SSSR count). The molecular formula is C18H18N2O4S. The first-order chi connectivity index (χ1) is 12.1. The van der Waals surface area contributed by atoms with Gasteiger partial charge in [-0.3, -0.25) is 0 Å². The predicted octanol–water partition coefficient (Wildman–Crippen LogP) is 3.47. The summed E-state index contributed by atoms with van der Waals surface area (Å²) in [6, 6.07) is 18.2. The fraction of sp³-hybridized carbons (Fsp3) is 0.167. The van der Waals surface area contributed by atoms with Crippen molar-refractivity contribution < 1.29 is 19.1 Å². The first-order valence-electron chi connectivity index (χ1n) is 7.55. The van der Waals surface area contributed by atoms with Gasteiger partial charge in [-0.05, 0) is 23.3 Å². The van der Waals surface area contributed by atoms with Crippen LogP contribution in [-0.4, -0.2) is 29.2 Å². The van der Waals surface area contributed by atoms with Gasteiger partial charge in [-0.2, -0.15) is 4.90 Å². The summed E-state index contributed by atoms with van der Waals surface area (Å²) in [5.74, 6) is 0. The maximum Gasteiger partial charge on any atom is 0.426 e. The molecule has 6 nitrogen and oxygen atoms in total. The topological polar surface area (TPSA) is 67.9 Å². The molecule has 0 bridgehead atoms. The molecular weight excluding hydrogens is 340 g/mol. The van der Waals surface area contributed by atoms with Gasteiger partial charge in [0.1, 0.15) is 13.2 Å². The van der Waals surface area contributed by atoms with Crippen LogP contribution in [0.25, 0.3) is 0 Å². The highest BCUT2D eigenvalue weighted by molar-refractivity contribution is 7.80. The van der Waals surface area contributed by atoms with Crippen molar-refractivity contribution in [1.29, 1.82) is 0 Å². The summed E-state index contributed by atoms with van der Waals surface area (Å²) < 4.78 is 10.3. The minimum Gasteiger partial charge on any atom is -0.444 e. The SMILES string of the molecule is CNC(=S)N(C(=O)OCc1ccccc1)C(=O)OCc1ccccc1. The van der Waals surface area contributed by atoms with Crippen molar-refractivity contribution in [3.05, 3.63) is 71.8 Å². The van der Waals surface area contributed by atoms with Gasteiger partial charge in [0.05, 0.1) is 0 Å². The second kappa shape index (κ2) is 9.39. The Morgan fingerprint density at radius 2 is 1.28 bits per heavy atom. The number of ether oxygens (including phenoxy) is 2. The number of nitrogens with zero attached hydrogens (tertiary/aromatic N) is 1. The predicted molar refractivity (Wildman–Crippen MR) is 96.8 cm³/mol. The van der Waals surface area contributed by atoms with Crippen LogP contribution in [0, 0.1) is 0 Å². The molecule has 0 atom stereocenters. The van der Waals surface area contributed by atoms with Gasteiger partial charge < -0.3 is 14.8 Å². The summed E-state index contributed by atoms with van der Waals surface area (Å²) in [7, 11) is 1.50. The summed E-state index contributed by atoms with van der Waals surface area (Å²) >= 11 is 5.00. The number of nitrogens with one attached hydrogen (secondary N) is 1. The highest BCUT2D eigenvalue weighted by Crippen LogP contribution is 2.08. The molecule has 0 radical (unpaired) electrons. The molecule has 2 amide bonds. The van der Waals surface area contributed by atoms with Crippen molar-refractivity contribution in [3.63, 3.8) is 0 Å². The lowest BCUT2D eigenvalue weighted by molar-refractivity contribution is 0.0889. The third-order valence-corrected chi connectivity index (χ3v) is 3.58. The lowest BCUT2D eigenvalue weighted by Crippen LogP contribution is -2.46. The van der Waals surface area contributed by atoms with Crippen molar-refractivity contribution in [2.24, 2.45) is 0 Å². The monoisotopic (exact) mass is 358 g/mol. The smallest absolute Gasteiger partial charge is 0.426 e. The van der Waals surface area contributed by atoms with Gasteiger partial charge in [-0.1, -0.05) is 60.7 Å². The fourth-order valence-corrected chi connectivity index (χ4v) is 2.07. The largest absolute Gasteiger partial charge is 0.444 e. The Hall–Kier alpha value is -2.93. The Labute approximate surface area is 151 Å². The van der Waals surface area contributed by atoms with Crippen LogP contribution in [0.3, 0.4) is 0 Å². The van der Waals surface area contributed by atoms with Gasteiger partial charge in [0.15, 0.2) is 5.11 Å². The van der Waals surface area contributed by atoms with E-state index < -0.39 is 12.2 Å². The van der Waals surface area contributed by atoms with Gasteiger partial charge >= 0.3 is 12.2 Å². The van der Waals surface area contributed by atoms with E-state index in [-0.39, 0.29) is 18.3 Å². The summed E-state index contributed by atoms with van der Waals surface area (Å²) in [4.78, 5) is 25.1. The van der Waals surface area contributed by atoms with Crippen molar-refractivity contribution in [1.82, 2.24) is 10.2 Å². The van der Waals surface area contributed by atoms with Crippen LogP contribution in [0.5, 0.6) is 0 Å². The van der Waals surface area contributed by atoms with E-state index in [2.05, 4.69) is 5.32 Å². The molecule has 7 heteroatoms. The minimum absolute atomic E-state index is 0.0223. The van der Waals surface area contributed by atoms with Crippen LogP contribution in [0.4, 0.5) is 9.59 Å². The molecule has 0 fully saturated rings. The number of hydrogen-bond acceptors (Lipinski definition) is 5. The highest BCUT2D eigenvalue weighted by Gasteiger charge is 2.28. The van der Waals surface area contributed by atoms with Gasteiger partial charge in [-0.15, -0.1) is 0 Å². The van der Waals surface area contributed by atoms with Gasteiger partial charge in [0.25, 0.3) is 0 Å². The average Bonchev–Trinajstić information content (AvgIpc) is 2.66. The molecule has 0 heterocycles. The lowest BCUT2D eigenvalue weighted by Gasteiger charge is -2.20. The Kier molecular flexibility index (Phi) is 6.91. The minimum atomic E-state index is -0.902. The number of benzene rings is 2. The first kappa shape index (κ1) is 18.4. The second-order valence-electron chi connectivity index (χ2n) is 4.97. The number of imide groups is 1. The van der Waals surface area contributed by atoms with Crippen LogP contribution in [0.15, 0.2) is 60.7 Å². The zero-order chi connectivity index (χ0) is 18.1. The summed E-state index contributed by atoms with van der Waals surface area (Å²) in [5, 5.41) is 2.48. The molecule has 0 aliphatic rings. The Balaban J connectivity index is 1.97. The number of rotatable bonds is 4. The Morgan fingerprint density at radius 1 is 0.880 bits per heavy atom. The maximum absolute atomic E-state index is 12.2. The second-order valence-corrected chi connectivity index (χ2v) is 5.36. The van der Waals surface area contributed by atoms with E-state index in [4.69, 9.17) is 21.7 Å². The number of hydrogen-bond donors (Lipinski definition) is 1. The van der Waals surface area contributed by atoms with Crippen molar-refractivity contribution in [3.8, 4) is 0 Å². The molecule has 2 aromatic carbocycles. The molecule has 0 saturated heterocycles. The van der Waals surface area contributed by atoms with Crippen molar-refractivity contribution >= 4 is 29.5 Å². The summed E-state index contributed by atoms with van der Waals surface area (Å²) in [5.41, 5.74) is 1.59. The van der Waals surface area contributed by atoms with E-state index in [9.17, 15) is 9.59 Å². The Bertz CT molecular complexity index is 667. The lowest BCUT2D eigenvalue weighted by atomic mass is 10.2. The van der Waals surface area contributed by atoms with E-state index in [0.717, 1.165) is 11.1 Å². The van der Waals surface area contributed by atoms with Crippen molar-refractivity contribution in [2.45, 2.75) is 13.2 Å². The van der Waals surface area contributed by atoms with Crippen LogP contribution < -0.4 is 5.32 Å². The maximum atomic E-state index is 12.2. The third kappa shape index (κ3) is 5.58. The molecule has 0 aromatic heterocycles. The normalized spacial score (nSPS) is 9.80. The molecule has 0 unspecified atom stereocenters. The quantitative estimate of drug-likeness (QED) is 0.844.